The Morgan fingerprint density at radius 3 is 2.62 bits per heavy atom. The highest BCUT2D eigenvalue weighted by atomic mass is 16.5. The third kappa shape index (κ3) is 3.76. The topological polar surface area (TPSA) is 32.8 Å². The Bertz CT molecular complexity index is 241. The SMILES string of the molecule is COC(=O)CCCN1CCN(C)C(C)(C)C1. The summed E-state index contributed by atoms with van der Waals surface area (Å²) in [4.78, 5) is 15.8. The molecule has 1 heterocycles. The van der Waals surface area contributed by atoms with Crippen molar-refractivity contribution in [2.24, 2.45) is 0 Å². The number of likely N-dealkylation sites (N-methyl/N-ethyl adjacent to an activating group) is 1. The zero-order valence-electron chi connectivity index (χ0n) is 11.0. The van der Waals surface area contributed by atoms with E-state index >= 15 is 0 Å². The highest BCUT2D eigenvalue weighted by molar-refractivity contribution is 5.69. The van der Waals surface area contributed by atoms with Crippen molar-refractivity contribution in [3.05, 3.63) is 0 Å². The van der Waals surface area contributed by atoms with Crippen LogP contribution < -0.4 is 0 Å². The van der Waals surface area contributed by atoms with Crippen LogP contribution in [0.2, 0.25) is 0 Å². The number of hydrogen-bond acceptors (Lipinski definition) is 4. The van der Waals surface area contributed by atoms with Crippen molar-refractivity contribution >= 4 is 5.97 Å². The monoisotopic (exact) mass is 228 g/mol. The molecule has 4 nitrogen and oxygen atoms in total. The minimum atomic E-state index is -0.103. The first-order valence-corrected chi connectivity index (χ1v) is 5.96. The minimum Gasteiger partial charge on any atom is -0.469 e. The quantitative estimate of drug-likeness (QED) is 0.671. The molecule has 0 aliphatic carbocycles. The van der Waals surface area contributed by atoms with E-state index in [0.29, 0.717) is 6.42 Å². The highest BCUT2D eigenvalue weighted by Gasteiger charge is 2.30. The van der Waals surface area contributed by atoms with E-state index in [2.05, 4.69) is 35.4 Å². The number of nitrogens with zero attached hydrogens (tertiary/aromatic N) is 2. The molecule has 1 rings (SSSR count). The zero-order chi connectivity index (χ0) is 12.2. The van der Waals surface area contributed by atoms with E-state index in [-0.39, 0.29) is 11.5 Å². The largest absolute Gasteiger partial charge is 0.469 e. The average molecular weight is 228 g/mol. The Kier molecular flexibility index (Phi) is 4.74. The Labute approximate surface area is 98.5 Å². The lowest BCUT2D eigenvalue weighted by Gasteiger charge is -2.45. The van der Waals surface area contributed by atoms with Crippen LogP contribution in [-0.2, 0) is 9.53 Å². The zero-order valence-corrected chi connectivity index (χ0v) is 11.0. The second-order valence-corrected chi connectivity index (χ2v) is 5.19. The molecule has 0 spiro atoms. The molecule has 0 unspecified atom stereocenters. The molecule has 1 aliphatic rings. The molecular formula is C12H24N2O2. The molecule has 16 heavy (non-hydrogen) atoms. The molecule has 0 atom stereocenters. The molecule has 0 saturated carbocycles. The van der Waals surface area contributed by atoms with E-state index < -0.39 is 0 Å². The second kappa shape index (κ2) is 5.64. The van der Waals surface area contributed by atoms with Crippen molar-refractivity contribution < 1.29 is 9.53 Å². The lowest BCUT2D eigenvalue weighted by Crippen LogP contribution is -2.57. The summed E-state index contributed by atoms with van der Waals surface area (Å²) in [6.45, 7) is 8.79. The first kappa shape index (κ1) is 13.5. The van der Waals surface area contributed by atoms with Gasteiger partial charge in [-0.15, -0.1) is 0 Å². The first-order valence-electron chi connectivity index (χ1n) is 5.96. The van der Waals surface area contributed by atoms with Crippen molar-refractivity contribution in [3.63, 3.8) is 0 Å². The van der Waals surface area contributed by atoms with Crippen molar-refractivity contribution in [2.45, 2.75) is 32.2 Å². The van der Waals surface area contributed by atoms with Crippen LogP contribution in [0.15, 0.2) is 0 Å². The lowest BCUT2D eigenvalue weighted by molar-refractivity contribution is -0.140. The molecule has 0 amide bonds. The molecular weight excluding hydrogens is 204 g/mol. The summed E-state index contributed by atoms with van der Waals surface area (Å²) in [7, 11) is 3.62. The van der Waals surface area contributed by atoms with Crippen molar-refractivity contribution in [3.8, 4) is 0 Å². The summed E-state index contributed by atoms with van der Waals surface area (Å²) >= 11 is 0. The smallest absolute Gasteiger partial charge is 0.305 e. The van der Waals surface area contributed by atoms with Gasteiger partial charge in [-0.2, -0.15) is 0 Å². The van der Waals surface area contributed by atoms with E-state index in [1.54, 1.807) is 0 Å². The van der Waals surface area contributed by atoms with Gasteiger partial charge >= 0.3 is 5.97 Å². The maximum atomic E-state index is 11.0. The predicted octanol–water partition coefficient (Wildman–Crippen LogP) is 0.966. The Morgan fingerprint density at radius 2 is 2.06 bits per heavy atom. The van der Waals surface area contributed by atoms with Gasteiger partial charge in [0.15, 0.2) is 0 Å². The molecule has 1 saturated heterocycles. The van der Waals surface area contributed by atoms with Gasteiger partial charge in [0.25, 0.3) is 0 Å². The fraction of sp³-hybridized carbons (Fsp3) is 0.917. The molecule has 4 heteroatoms. The summed E-state index contributed by atoms with van der Waals surface area (Å²) in [5.74, 6) is -0.103. The van der Waals surface area contributed by atoms with Crippen LogP contribution in [0, 0.1) is 0 Å². The van der Waals surface area contributed by atoms with Crippen LogP contribution in [0.1, 0.15) is 26.7 Å². The number of carbonyl (C=O) groups excluding carboxylic acids is 1. The number of hydrogen-bond donors (Lipinski definition) is 0. The average Bonchev–Trinajstić information content (AvgIpc) is 2.22. The van der Waals surface area contributed by atoms with Gasteiger partial charge in [-0.05, 0) is 33.9 Å². The van der Waals surface area contributed by atoms with Gasteiger partial charge in [-0.3, -0.25) is 9.69 Å². The molecule has 1 fully saturated rings. The van der Waals surface area contributed by atoms with Gasteiger partial charge in [0.1, 0.15) is 0 Å². The third-order valence-electron chi connectivity index (χ3n) is 3.48. The van der Waals surface area contributed by atoms with Gasteiger partial charge in [0.2, 0.25) is 0 Å². The molecule has 0 radical (unpaired) electrons. The van der Waals surface area contributed by atoms with Crippen LogP contribution in [0.4, 0.5) is 0 Å². The molecule has 1 aliphatic heterocycles. The third-order valence-corrected chi connectivity index (χ3v) is 3.48. The predicted molar refractivity (Wildman–Crippen MR) is 64.4 cm³/mol. The van der Waals surface area contributed by atoms with Gasteiger partial charge in [0.05, 0.1) is 7.11 Å². The highest BCUT2D eigenvalue weighted by Crippen LogP contribution is 2.18. The van der Waals surface area contributed by atoms with Crippen LogP contribution in [0.25, 0.3) is 0 Å². The summed E-state index contributed by atoms with van der Waals surface area (Å²) in [6, 6.07) is 0. The number of ether oxygens (including phenoxy) is 1. The van der Waals surface area contributed by atoms with Crippen molar-refractivity contribution in [1.29, 1.82) is 0 Å². The van der Waals surface area contributed by atoms with Gasteiger partial charge < -0.3 is 9.64 Å². The van der Waals surface area contributed by atoms with Crippen LogP contribution in [0.5, 0.6) is 0 Å². The fourth-order valence-electron chi connectivity index (χ4n) is 2.08. The van der Waals surface area contributed by atoms with E-state index in [0.717, 1.165) is 32.6 Å². The van der Waals surface area contributed by atoms with Crippen LogP contribution in [0.3, 0.4) is 0 Å². The normalized spacial score (nSPS) is 22.0. The van der Waals surface area contributed by atoms with E-state index in [1.165, 1.54) is 7.11 Å². The Balaban J connectivity index is 2.26. The summed E-state index contributed by atoms with van der Waals surface area (Å²) in [5, 5.41) is 0. The summed E-state index contributed by atoms with van der Waals surface area (Å²) in [6.07, 6.45) is 1.43. The minimum absolute atomic E-state index is 0.103. The molecule has 94 valence electrons. The van der Waals surface area contributed by atoms with E-state index in [9.17, 15) is 4.79 Å². The van der Waals surface area contributed by atoms with Gasteiger partial charge in [-0.25, -0.2) is 0 Å². The Hall–Kier alpha value is -0.610. The number of rotatable bonds is 4. The maximum absolute atomic E-state index is 11.0. The van der Waals surface area contributed by atoms with Crippen molar-refractivity contribution in [1.82, 2.24) is 9.80 Å². The summed E-state index contributed by atoms with van der Waals surface area (Å²) < 4.78 is 4.63. The molecule has 0 N–H and O–H groups in total. The molecule has 0 bridgehead atoms. The van der Waals surface area contributed by atoms with Gasteiger partial charge in [0, 0.05) is 31.6 Å². The fourth-order valence-corrected chi connectivity index (χ4v) is 2.08. The molecule has 0 aromatic carbocycles. The Morgan fingerprint density at radius 1 is 1.38 bits per heavy atom. The van der Waals surface area contributed by atoms with E-state index in [1.807, 2.05) is 0 Å². The van der Waals surface area contributed by atoms with E-state index in [4.69, 9.17) is 0 Å². The van der Waals surface area contributed by atoms with Crippen LogP contribution in [-0.4, -0.2) is 61.6 Å². The molecule has 0 aromatic heterocycles. The first-order chi connectivity index (χ1) is 7.45. The number of methoxy groups -OCH3 is 1. The number of esters is 1. The lowest BCUT2D eigenvalue weighted by atomic mass is 9.99. The maximum Gasteiger partial charge on any atom is 0.305 e. The second-order valence-electron chi connectivity index (χ2n) is 5.19. The van der Waals surface area contributed by atoms with Gasteiger partial charge in [-0.1, -0.05) is 0 Å². The van der Waals surface area contributed by atoms with Crippen LogP contribution >= 0.6 is 0 Å². The number of carbonyl (C=O) groups is 1. The summed E-state index contributed by atoms with van der Waals surface area (Å²) in [5.41, 5.74) is 0.240. The number of piperazine rings is 1. The molecule has 0 aromatic rings. The van der Waals surface area contributed by atoms with Crippen molar-refractivity contribution in [2.75, 3.05) is 40.3 Å². The standard InChI is InChI=1S/C12H24N2O2/c1-12(2)10-14(9-8-13(12)3)7-5-6-11(15)16-4/h5-10H2,1-4H3.